The third-order valence-corrected chi connectivity index (χ3v) is 2.62. The van der Waals surface area contributed by atoms with E-state index in [1.807, 2.05) is 6.92 Å². The summed E-state index contributed by atoms with van der Waals surface area (Å²) < 4.78 is 9.82. The standard InChI is InChI=1S/C13H22N4O4/c1-4-14-13(19)17(6-5-7-20-3)9-12(18)15-11-8-10(2)21-16-11/h8H,4-7,9H2,1-3H3,(H,14,19)(H,15,16,18). The SMILES string of the molecule is CCNC(=O)N(CCCOC)CC(=O)Nc1cc(C)on1. The summed E-state index contributed by atoms with van der Waals surface area (Å²) in [5.74, 6) is 0.614. The predicted molar refractivity (Wildman–Crippen MR) is 77.0 cm³/mol. The normalized spacial score (nSPS) is 10.2. The van der Waals surface area contributed by atoms with Gasteiger partial charge in [-0.15, -0.1) is 0 Å². The first-order chi connectivity index (χ1) is 10.1. The Bertz CT molecular complexity index is 461. The number of carbonyl (C=O) groups is 2. The summed E-state index contributed by atoms with van der Waals surface area (Å²) in [4.78, 5) is 25.3. The Labute approximate surface area is 123 Å². The maximum atomic E-state index is 11.9. The Morgan fingerprint density at radius 2 is 2.24 bits per heavy atom. The molecule has 0 aliphatic heterocycles. The quantitative estimate of drug-likeness (QED) is 0.698. The molecule has 0 bridgehead atoms. The number of nitrogens with zero attached hydrogens (tertiary/aromatic N) is 2. The summed E-state index contributed by atoms with van der Waals surface area (Å²) in [5, 5.41) is 8.94. The van der Waals surface area contributed by atoms with Crippen molar-refractivity contribution < 1.29 is 18.8 Å². The summed E-state index contributed by atoms with van der Waals surface area (Å²) in [6.07, 6.45) is 0.657. The summed E-state index contributed by atoms with van der Waals surface area (Å²) in [7, 11) is 1.59. The Kier molecular flexibility index (Phi) is 7.24. The van der Waals surface area contributed by atoms with Crippen molar-refractivity contribution in [3.63, 3.8) is 0 Å². The largest absolute Gasteiger partial charge is 0.385 e. The molecule has 1 heterocycles. The minimum Gasteiger partial charge on any atom is -0.385 e. The van der Waals surface area contributed by atoms with Gasteiger partial charge in [0.1, 0.15) is 12.3 Å². The van der Waals surface area contributed by atoms with E-state index in [0.29, 0.717) is 37.7 Å². The molecule has 0 radical (unpaired) electrons. The van der Waals surface area contributed by atoms with Crippen LogP contribution in [0.5, 0.6) is 0 Å². The average Bonchev–Trinajstić information content (AvgIpc) is 2.83. The molecule has 1 rings (SSSR count). The number of amides is 3. The molecule has 1 aromatic rings. The number of aromatic nitrogens is 1. The van der Waals surface area contributed by atoms with Crippen LogP contribution in [-0.4, -0.2) is 55.3 Å². The van der Waals surface area contributed by atoms with Crippen LogP contribution in [0.25, 0.3) is 0 Å². The van der Waals surface area contributed by atoms with Gasteiger partial charge in [-0.1, -0.05) is 5.16 Å². The van der Waals surface area contributed by atoms with Crippen molar-refractivity contribution in [2.24, 2.45) is 0 Å². The molecule has 8 nitrogen and oxygen atoms in total. The van der Waals surface area contributed by atoms with Crippen LogP contribution in [0, 0.1) is 6.92 Å². The second kappa shape index (κ2) is 8.96. The lowest BCUT2D eigenvalue weighted by Gasteiger charge is -2.21. The fraction of sp³-hybridized carbons (Fsp3) is 0.615. The molecule has 2 N–H and O–H groups in total. The van der Waals surface area contributed by atoms with Crippen molar-refractivity contribution >= 4 is 17.8 Å². The Morgan fingerprint density at radius 3 is 2.81 bits per heavy atom. The van der Waals surface area contributed by atoms with E-state index in [9.17, 15) is 9.59 Å². The summed E-state index contributed by atoms with van der Waals surface area (Å²) in [6, 6.07) is 1.33. The van der Waals surface area contributed by atoms with E-state index < -0.39 is 0 Å². The highest BCUT2D eigenvalue weighted by atomic mass is 16.5. The number of methoxy groups -OCH3 is 1. The zero-order chi connectivity index (χ0) is 15.7. The van der Waals surface area contributed by atoms with Crippen LogP contribution in [0.3, 0.4) is 0 Å². The molecule has 0 spiro atoms. The van der Waals surface area contributed by atoms with Gasteiger partial charge in [0.15, 0.2) is 5.82 Å². The maximum Gasteiger partial charge on any atom is 0.317 e. The van der Waals surface area contributed by atoms with E-state index in [1.54, 1.807) is 20.1 Å². The predicted octanol–water partition coefficient (Wildman–Crippen LogP) is 0.990. The number of anilines is 1. The zero-order valence-electron chi connectivity index (χ0n) is 12.6. The van der Waals surface area contributed by atoms with Gasteiger partial charge in [-0.25, -0.2) is 4.79 Å². The third kappa shape index (κ3) is 6.26. The Balaban J connectivity index is 2.53. The van der Waals surface area contributed by atoms with Crippen molar-refractivity contribution in [1.29, 1.82) is 0 Å². The molecule has 0 aliphatic rings. The van der Waals surface area contributed by atoms with E-state index >= 15 is 0 Å². The molecule has 118 valence electrons. The zero-order valence-corrected chi connectivity index (χ0v) is 12.6. The van der Waals surface area contributed by atoms with Crippen LogP contribution in [0.15, 0.2) is 10.6 Å². The first-order valence-electron chi connectivity index (χ1n) is 6.81. The first kappa shape index (κ1) is 17.0. The summed E-state index contributed by atoms with van der Waals surface area (Å²) in [6.45, 7) is 4.97. The highest BCUT2D eigenvalue weighted by Crippen LogP contribution is 2.07. The number of aryl methyl sites for hydroxylation is 1. The summed E-state index contributed by atoms with van der Waals surface area (Å²) in [5.41, 5.74) is 0. The van der Waals surface area contributed by atoms with Crippen molar-refractivity contribution in [2.45, 2.75) is 20.3 Å². The van der Waals surface area contributed by atoms with Gasteiger partial charge in [0.2, 0.25) is 5.91 Å². The van der Waals surface area contributed by atoms with E-state index in [1.165, 1.54) is 4.90 Å². The first-order valence-corrected chi connectivity index (χ1v) is 6.81. The van der Waals surface area contributed by atoms with Crippen LogP contribution in [-0.2, 0) is 9.53 Å². The molecule has 21 heavy (non-hydrogen) atoms. The molecular weight excluding hydrogens is 276 g/mol. The maximum absolute atomic E-state index is 11.9. The molecule has 0 fully saturated rings. The Hall–Kier alpha value is -2.09. The van der Waals surface area contributed by atoms with Gasteiger partial charge in [0.05, 0.1) is 0 Å². The van der Waals surface area contributed by atoms with Crippen LogP contribution >= 0.6 is 0 Å². The second-order valence-electron chi connectivity index (χ2n) is 4.47. The van der Waals surface area contributed by atoms with Crippen LogP contribution in [0.4, 0.5) is 10.6 Å². The van der Waals surface area contributed by atoms with Gasteiger partial charge in [-0.05, 0) is 20.3 Å². The van der Waals surface area contributed by atoms with Crippen molar-refractivity contribution in [3.8, 4) is 0 Å². The second-order valence-corrected chi connectivity index (χ2v) is 4.47. The fourth-order valence-corrected chi connectivity index (χ4v) is 1.70. The van der Waals surface area contributed by atoms with Crippen LogP contribution < -0.4 is 10.6 Å². The van der Waals surface area contributed by atoms with Crippen molar-refractivity contribution in [2.75, 3.05) is 38.7 Å². The highest BCUT2D eigenvalue weighted by molar-refractivity contribution is 5.93. The van der Waals surface area contributed by atoms with E-state index in [4.69, 9.17) is 9.26 Å². The van der Waals surface area contributed by atoms with E-state index in [0.717, 1.165) is 0 Å². The van der Waals surface area contributed by atoms with Gasteiger partial charge >= 0.3 is 6.03 Å². The number of urea groups is 1. The lowest BCUT2D eigenvalue weighted by atomic mass is 10.4. The highest BCUT2D eigenvalue weighted by Gasteiger charge is 2.17. The van der Waals surface area contributed by atoms with Gasteiger partial charge in [0.25, 0.3) is 0 Å². The van der Waals surface area contributed by atoms with Crippen LogP contribution in [0.2, 0.25) is 0 Å². The molecule has 3 amide bonds. The summed E-state index contributed by atoms with van der Waals surface area (Å²) >= 11 is 0. The van der Waals surface area contributed by atoms with E-state index in [-0.39, 0.29) is 18.5 Å². The molecule has 8 heteroatoms. The lowest BCUT2D eigenvalue weighted by Crippen LogP contribution is -2.44. The number of hydrogen-bond acceptors (Lipinski definition) is 5. The smallest absolute Gasteiger partial charge is 0.317 e. The Morgan fingerprint density at radius 1 is 1.48 bits per heavy atom. The third-order valence-electron chi connectivity index (χ3n) is 2.62. The van der Waals surface area contributed by atoms with Gasteiger partial charge in [-0.3, -0.25) is 4.79 Å². The molecule has 0 saturated heterocycles. The number of nitrogens with one attached hydrogen (secondary N) is 2. The molecule has 0 aromatic carbocycles. The molecule has 0 aliphatic carbocycles. The number of ether oxygens (including phenoxy) is 1. The van der Waals surface area contributed by atoms with Gasteiger partial charge < -0.3 is 24.8 Å². The molecule has 0 atom stereocenters. The minimum absolute atomic E-state index is 0.0541. The van der Waals surface area contributed by atoms with Crippen molar-refractivity contribution in [1.82, 2.24) is 15.4 Å². The van der Waals surface area contributed by atoms with Crippen LogP contribution in [0.1, 0.15) is 19.1 Å². The lowest BCUT2D eigenvalue weighted by molar-refractivity contribution is -0.116. The number of rotatable bonds is 8. The molecule has 1 aromatic heterocycles. The number of carbonyl (C=O) groups excluding carboxylic acids is 2. The fourth-order valence-electron chi connectivity index (χ4n) is 1.70. The van der Waals surface area contributed by atoms with Gasteiger partial charge in [-0.2, -0.15) is 0 Å². The number of hydrogen-bond donors (Lipinski definition) is 2. The van der Waals surface area contributed by atoms with Crippen molar-refractivity contribution in [3.05, 3.63) is 11.8 Å². The average molecular weight is 298 g/mol. The molecule has 0 unspecified atom stereocenters. The van der Waals surface area contributed by atoms with E-state index in [2.05, 4.69) is 15.8 Å². The monoisotopic (exact) mass is 298 g/mol. The van der Waals surface area contributed by atoms with Gasteiger partial charge in [0, 0.05) is 32.9 Å². The topological polar surface area (TPSA) is 96.7 Å². The molecular formula is C13H22N4O4. The molecule has 0 saturated carbocycles. The minimum atomic E-state index is -0.327.